The third-order valence-corrected chi connectivity index (χ3v) is 2.44. The van der Waals surface area contributed by atoms with Crippen molar-refractivity contribution in [2.45, 2.75) is 12.8 Å². The first-order valence-corrected chi connectivity index (χ1v) is 4.97. The highest BCUT2D eigenvalue weighted by atomic mass is 16.3. The van der Waals surface area contributed by atoms with E-state index in [0.717, 1.165) is 12.8 Å². The molecule has 1 aliphatic rings. The Labute approximate surface area is 98.5 Å². The Hall–Kier alpha value is -2.65. The maximum atomic E-state index is 9.79. The summed E-state index contributed by atoms with van der Waals surface area (Å²) < 4.78 is 0. The first kappa shape index (κ1) is 12.4. The van der Waals surface area contributed by atoms with Crippen molar-refractivity contribution >= 4 is 0 Å². The number of likely N-dealkylation sites (tertiary alicyclic amines) is 1. The number of aliphatic hydroxyl groups is 2. The maximum absolute atomic E-state index is 9.79. The van der Waals surface area contributed by atoms with Crippen LogP contribution in [0.1, 0.15) is 12.8 Å². The number of nitrogens with zero attached hydrogens (tertiary/aromatic N) is 4. The Morgan fingerprint density at radius 2 is 1.47 bits per heavy atom. The van der Waals surface area contributed by atoms with Crippen molar-refractivity contribution < 1.29 is 10.2 Å². The van der Waals surface area contributed by atoms with Crippen molar-refractivity contribution in [3.8, 4) is 18.2 Å². The van der Waals surface area contributed by atoms with Crippen LogP contribution in [-0.4, -0.2) is 28.2 Å². The van der Waals surface area contributed by atoms with E-state index in [1.807, 2.05) is 0 Å². The second-order valence-electron chi connectivity index (χ2n) is 3.45. The summed E-state index contributed by atoms with van der Waals surface area (Å²) in [6.45, 7) is 1.16. The van der Waals surface area contributed by atoms with Crippen molar-refractivity contribution in [3.63, 3.8) is 0 Å². The molecule has 1 heterocycles. The fraction of sp³-hybridized carbons (Fsp3) is 0.364. The van der Waals surface area contributed by atoms with Gasteiger partial charge in [-0.1, -0.05) is 0 Å². The van der Waals surface area contributed by atoms with Crippen LogP contribution in [0.4, 0.5) is 0 Å². The van der Waals surface area contributed by atoms with E-state index in [-0.39, 0.29) is 5.88 Å². The predicted octanol–water partition coefficient (Wildman–Crippen LogP) is 1.23. The molecule has 6 nitrogen and oxygen atoms in total. The zero-order valence-electron chi connectivity index (χ0n) is 9.01. The van der Waals surface area contributed by atoms with Gasteiger partial charge in [-0.2, -0.15) is 15.8 Å². The minimum absolute atomic E-state index is 0.384. The first-order chi connectivity index (χ1) is 8.15. The number of allylic oxidation sites excluding steroid dienone is 2. The van der Waals surface area contributed by atoms with Gasteiger partial charge in [0.15, 0.2) is 16.9 Å². The molecule has 0 unspecified atom stereocenters. The summed E-state index contributed by atoms with van der Waals surface area (Å²) in [6.07, 6.45) is 1.77. The molecule has 1 rings (SSSR count). The van der Waals surface area contributed by atoms with Gasteiger partial charge in [0, 0.05) is 13.1 Å². The number of nitriles is 3. The SMILES string of the molecule is N#CC(C#N)=C(O)/C(C#N)=C(\O)N1CCCC1. The molecule has 17 heavy (non-hydrogen) atoms. The molecule has 1 saturated heterocycles. The number of hydrogen-bond acceptors (Lipinski definition) is 6. The lowest BCUT2D eigenvalue weighted by Gasteiger charge is -2.16. The highest BCUT2D eigenvalue weighted by Crippen LogP contribution is 2.20. The Kier molecular flexibility index (Phi) is 3.97. The molecule has 0 aromatic carbocycles. The minimum Gasteiger partial charge on any atom is -0.504 e. The lowest BCUT2D eigenvalue weighted by molar-refractivity contribution is 0.226. The molecule has 1 fully saturated rings. The maximum Gasteiger partial charge on any atom is 0.209 e. The second-order valence-corrected chi connectivity index (χ2v) is 3.45. The third-order valence-electron chi connectivity index (χ3n) is 2.44. The molecular weight excluding hydrogens is 220 g/mol. The number of hydrogen-bond donors (Lipinski definition) is 2. The minimum atomic E-state index is -0.776. The van der Waals surface area contributed by atoms with E-state index in [4.69, 9.17) is 15.8 Å². The van der Waals surface area contributed by atoms with Crippen molar-refractivity contribution in [2.24, 2.45) is 0 Å². The van der Waals surface area contributed by atoms with Crippen LogP contribution in [0.3, 0.4) is 0 Å². The largest absolute Gasteiger partial charge is 0.504 e. The highest BCUT2D eigenvalue weighted by molar-refractivity contribution is 5.50. The van der Waals surface area contributed by atoms with Gasteiger partial charge in [0.05, 0.1) is 0 Å². The van der Waals surface area contributed by atoms with Crippen molar-refractivity contribution in [1.29, 1.82) is 15.8 Å². The monoisotopic (exact) mass is 230 g/mol. The highest BCUT2D eigenvalue weighted by Gasteiger charge is 2.22. The summed E-state index contributed by atoms with van der Waals surface area (Å²) in [6, 6.07) is 4.54. The van der Waals surface area contributed by atoms with Crippen molar-refractivity contribution in [3.05, 3.63) is 22.8 Å². The van der Waals surface area contributed by atoms with Crippen LogP contribution in [-0.2, 0) is 0 Å². The summed E-state index contributed by atoms with van der Waals surface area (Å²) >= 11 is 0. The summed E-state index contributed by atoms with van der Waals surface area (Å²) in [7, 11) is 0. The quantitative estimate of drug-likeness (QED) is 0.419. The Bertz CT molecular complexity index is 477. The number of rotatable bonds is 2. The Morgan fingerprint density at radius 3 is 1.88 bits per heavy atom. The zero-order valence-corrected chi connectivity index (χ0v) is 9.01. The molecule has 0 aromatic rings. The van der Waals surface area contributed by atoms with Gasteiger partial charge in [-0.25, -0.2) is 0 Å². The van der Waals surface area contributed by atoms with Gasteiger partial charge in [0.2, 0.25) is 5.88 Å². The van der Waals surface area contributed by atoms with E-state index in [1.165, 1.54) is 17.0 Å². The van der Waals surface area contributed by atoms with E-state index in [2.05, 4.69) is 0 Å². The zero-order chi connectivity index (χ0) is 12.8. The number of aliphatic hydroxyl groups excluding tert-OH is 2. The molecule has 0 aromatic heterocycles. The topological polar surface area (TPSA) is 115 Å². The molecule has 0 saturated carbocycles. The summed E-state index contributed by atoms with van der Waals surface area (Å²) in [5, 5.41) is 45.4. The van der Waals surface area contributed by atoms with Crippen LogP contribution in [0, 0.1) is 34.0 Å². The molecule has 1 aliphatic heterocycles. The molecule has 86 valence electrons. The molecule has 0 atom stereocenters. The van der Waals surface area contributed by atoms with E-state index in [0.29, 0.717) is 13.1 Å². The summed E-state index contributed by atoms with van der Waals surface area (Å²) in [5.74, 6) is -1.16. The standard InChI is InChI=1S/C11H10N4O2/c12-5-8(6-13)10(16)9(7-14)11(17)15-3-1-2-4-15/h16-17H,1-4H2/b11-9-. The van der Waals surface area contributed by atoms with Crippen LogP contribution in [0.2, 0.25) is 0 Å². The van der Waals surface area contributed by atoms with E-state index in [9.17, 15) is 10.2 Å². The van der Waals surface area contributed by atoms with Crippen LogP contribution in [0.25, 0.3) is 0 Å². The molecule has 0 radical (unpaired) electrons. The predicted molar refractivity (Wildman–Crippen MR) is 57.0 cm³/mol. The second kappa shape index (κ2) is 5.44. The van der Waals surface area contributed by atoms with E-state index in [1.54, 1.807) is 6.07 Å². The fourth-order valence-electron chi connectivity index (χ4n) is 1.55. The molecule has 6 heteroatoms. The molecule has 0 amide bonds. The Balaban J connectivity index is 3.21. The van der Waals surface area contributed by atoms with Crippen LogP contribution >= 0.6 is 0 Å². The third kappa shape index (κ3) is 2.48. The van der Waals surface area contributed by atoms with Gasteiger partial charge in [0.1, 0.15) is 18.2 Å². The molecule has 2 N–H and O–H groups in total. The van der Waals surface area contributed by atoms with Crippen molar-refractivity contribution in [2.75, 3.05) is 13.1 Å². The van der Waals surface area contributed by atoms with Gasteiger partial charge in [-0.05, 0) is 12.8 Å². The van der Waals surface area contributed by atoms with E-state index >= 15 is 0 Å². The van der Waals surface area contributed by atoms with Gasteiger partial charge in [-0.15, -0.1) is 0 Å². The van der Waals surface area contributed by atoms with Crippen molar-refractivity contribution in [1.82, 2.24) is 4.90 Å². The van der Waals surface area contributed by atoms with Gasteiger partial charge < -0.3 is 15.1 Å². The summed E-state index contributed by atoms with van der Waals surface area (Å²) in [5.41, 5.74) is -1.03. The van der Waals surface area contributed by atoms with E-state index < -0.39 is 16.9 Å². The van der Waals surface area contributed by atoms with Gasteiger partial charge in [-0.3, -0.25) is 0 Å². The smallest absolute Gasteiger partial charge is 0.209 e. The normalized spacial score (nSPS) is 15.2. The molecule has 0 aliphatic carbocycles. The van der Waals surface area contributed by atoms with Crippen LogP contribution in [0.15, 0.2) is 22.8 Å². The fourth-order valence-corrected chi connectivity index (χ4v) is 1.55. The lowest BCUT2D eigenvalue weighted by Crippen LogP contribution is -2.20. The van der Waals surface area contributed by atoms with Gasteiger partial charge >= 0.3 is 0 Å². The van der Waals surface area contributed by atoms with Gasteiger partial charge in [0.25, 0.3) is 0 Å². The van der Waals surface area contributed by atoms with Crippen LogP contribution in [0.5, 0.6) is 0 Å². The molecule has 0 spiro atoms. The molecular formula is C11H10N4O2. The summed E-state index contributed by atoms with van der Waals surface area (Å²) in [4.78, 5) is 1.53. The first-order valence-electron chi connectivity index (χ1n) is 4.97. The average molecular weight is 230 g/mol. The van der Waals surface area contributed by atoms with Crippen LogP contribution < -0.4 is 0 Å². The molecule has 0 bridgehead atoms. The Morgan fingerprint density at radius 1 is 0.941 bits per heavy atom. The lowest BCUT2D eigenvalue weighted by atomic mass is 10.1. The average Bonchev–Trinajstić information content (AvgIpc) is 2.85.